The zero-order valence-electron chi connectivity index (χ0n) is 16.8. The maximum atomic E-state index is 13.4. The van der Waals surface area contributed by atoms with E-state index < -0.39 is 0 Å². The molecule has 0 saturated carbocycles. The predicted octanol–water partition coefficient (Wildman–Crippen LogP) is 5.95. The zero-order chi connectivity index (χ0) is 20.9. The average molecular weight is 412 g/mol. The first-order chi connectivity index (χ1) is 13.7. The molecule has 2 aliphatic rings. The van der Waals surface area contributed by atoms with Crippen LogP contribution in [0.4, 0.5) is 10.1 Å². The molecule has 0 saturated heterocycles. The van der Waals surface area contributed by atoms with Crippen molar-refractivity contribution in [2.75, 3.05) is 4.90 Å². The Hall–Kier alpha value is -2.46. The molecule has 1 heterocycles. The average Bonchev–Trinajstić information content (AvgIpc) is 2.63. The second kappa shape index (κ2) is 7.10. The molecule has 2 aromatic rings. The third kappa shape index (κ3) is 3.62. The molecule has 150 valence electrons. The highest BCUT2D eigenvalue weighted by Gasteiger charge is 2.44. The summed E-state index contributed by atoms with van der Waals surface area (Å²) in [6.07, 6.45) is 1.21. The highest BCUT2D eigenvalue weighted by Crippen LogP contribution is 2.48. The topological polar surface area (TPSA) is 37.4 Å². The van der Waals surface area contributed by atoms with E-state index in [1.807, 2.05) is 26.8 Å². The van der Waals surface area contributed by atoms with Crippen LogP contribution in [-0.4, -0.2) is 11.7 Å². The fourth-order valence-electron chi connectivity index (χ4n) is 4.50. The first kappa shape index (κ1) is 19.8. The van der Waals surface area contributed by atoms with Gasteiger partial charge in [0.2, 0.25) is 5.91 Å². The minimum absolute atomic E-state index is 0.0581. The Balaban J connectivity index is 1.92. The van der Waals surface area contributed by atoms with Crippen LogP contribution in [0.15, 0.2) is 53.7 Å². The van der Waals surface area contributed by atoms with Crippen molar-refractivity contribution in [1.29, 1.82) is 0 Å². The van der Waals surface area contributed by atoms with E-state index in [4.69, 9.17) is 11.6 Å². The van der Waals surface area contributed by atoms with Crippen molar-refractivity contribution in [2.45, 2.75) is 46.0 Å². The smallest absolute Gasteiger partial charge is 0.232 e. The minimum atomic E-state index is -0.350. The standard InChI is InChI=1S/C24H23ClFNO2/c1-14-4-7-16(25)10-19(14)27-20-12-24(2,3)13-21(28)23(20)18(11-22(27)29)15-5-8-17(26)9-6-15/h4-10,18H,11-13H2,1-3H3. The molecule has 0 bridgehead atoms. The van der Waals surface area contributed by atoms with Gasteiger partial charge in [0, 0.05) is 35.1 Å². The Labute approximate surface area is 175 Å². The molecule has 0 radical (unpaired) electrons. The van der Waals surface area contributed by atoms with Gasteiger partial charge in [-0.2, -0.15) is 0 Å². The number of Topliss-reactive ketones (excluding diaryl/α,β-unsaturated/α-hetero) is 1. The maximum absolute atomic E-state index is 13.4. The Morgan fingerprint density at radius 3 is 2.45 bits per heavy atom. The highest BCUT2D eigenvalue weighted by atomic mass is 35.5. The van der Waals surface area contributed by atoms with Crippen LogP contribution in [0.1, 0.15) is 50.2 Å². The summed E-state index contributed by atoms with van der Waals surface area (Å²) in [4.78, 5) is 28.3. The minimum Gasteiger partial charge on any atom is -0.294 e. The summed E-state index contributed by atoms with van der Waals surface area (Å²) in [5.74, 6) is -0.702. The van der Waals surface area contributed by atoms with Gasteiger partial charge in [0.15, 0.2) is 5.78 Å². The molecule has 1 amide bonds. The van der Waals surface area contributed by atoms with Crippen molar-refractivity contribution in [3.63, 3.8) is 0 Å². The summed E-state index contributed by atoms with van der Waals surface area (Å²) in [5.41, 5.74) is 3.62. The third-order valence-electron chi connectivity index (χ3n) is 5.83. The van der Waals surface area contributed by atoms with E-state index >= 15 is 0 Å². The largest absolute Gasteiger partial charge is 0.294 e. The maximum Gasteiger partial charge on any atom is 0.232 e. The molecule has 0 N–H and O–H groups in total. The van der Waals surface area contributed by atoms with Crippen molar-refractivity contribution < 1.29 is 14.0 Å². The summed E-state index contributed by atoms with van der Waals surface area (Å²) in [6, 6.07) is 11.6. The second-order valence-electron chi connectivity index (χ2n) is 8.77. The molecular formula is C24H23ClFNO2. The molecule has 1 unspecified atom stereocenters. The molecule has 3 nitrogen and oxygen atoms in total. The molecular weight excluding hydrogens is 389 g/mol. The van der Waals surface area contributed by atoms with Gasteiger partial charge in [0.05, 0.1) is 5.69 Å². The third-order valence-corrected chi connectivity index (χ3v) is 6.06. The van der Waals surface area contributed by atoms with Crippen LogP contribution >= 0.6 is 11.6 Å². The molecule has 4 rings (SSSR count). The van der Waals surface area contributed by atoms with Crippen LogP contribution in [0.25, 0.3) is 0 Å². The fraction of sp³-hybridized carbons (Fsp3) is 0.333. The summed E-state index contributed by atoms with van der Waals surface area (Å²) in [5, 5.41) is 0.544. The van der Waals surface area contributed by atoms with Crippen LogP contribution in [0.5, 0.6) is 0 Å². The zero-order valence-corrected chi connectivity index (χ0v) is 17.5. The predicted molar refractivity (Wildman–Crippen MR) is 112 cm³/mol. The number of anilines is 1. The van der Waals surface area contributed by atoms with E-state index in [0.29, 0.717) is 23.4 Å². The first-order valence-electron chi connectivity index (χ1n) is 9.77. The van der Waals surface area contributed by atoms with Gasteiger partial charge < -0.3 is 0 Å². The summed E-state index contributed by atoms with van der Waals surface area (Å²) >= 11 is 6.23. The Bertz CT molecular complexity index is 1040. The van der Waals surface area contributed by atoms with Gasteiger partial charge in [-0.3, -0.25) is 14.5 Å². The van der Waals surface area contributed by atoms with E-state index in [9.17, 15) is 14.0 Å². The van der Waals surface area contributed by atoms with Crippen LogP contribution in [0.2, 0.25) is 5.02 Å². The molecule has 29 heavy (non-hydrogen) atoms. The number of hydrogen-bond donors (Lipinski definition) is 0. The Kier molecular flexibility index (Phi) is 4.86. The van der Waals surface area contributed by atoms with Gasteiger partial charge in [-0.05, 0) is 54.2 Å². The SMILES string of the molecule is Cc1ccc(Cl)cc1N1C(=O)CC(c2ccc(F)cc2)C2=C1CC(C)(C)CC2=O. The van der Waals surface area contributed by atoms with E-state index in [1.54, 1.807) is 29.2 Å². The quantitative estimate of drug-likeness (QED) is 0.612. The van der Waals surface area contributed by atoms with Gasteiger partial charge in [-0.15, -0.1) is 0 Å². The van der Waals surface area contributed by atoms with Crippen LogP contribution in [0, 0.1) is 18.2 Å². The van der Waals surface area contributed by atoms with Crippen LogP contribution < -0.4 is 4.90 Å². The number of ketones is 1. The summed E-state index contributed by atoms with van der Waals surface area (Å²) in [7, 11) is 0. The van der Waals surface area contributed by atoms with Crippen molar-refractivity contribution in [3.05, 3.63) is 75.7 Å². The number of carbonyl (C=O) groups is 2. The number of allylic oxidation sites excluding steroid dienone is 2. The van der Waals surface area contributed by atoms with Gasteiger partial charge in [0.25, 0.3) is 0 Å². The molecule has 1 aliphatic heterocycles. The van der Waals surface area contributed by atoms with Gasteiger partial charge in [0.1, 0.15) is 5.82 Å². The monoisotopic (exact) mass is 411 g/mol. The molecule has 1 atom stereocenters. The lowest BCUT2D eigenvalue weighted by Gasteiger charge is -2.43. The number of halogens is 2. The van der Waals surface area contributed by atoms with Gasteiger partial charge >= 0.3 is 0 Å². The number of benzene rings is 2. The number of nitrogens with zero attached hydrogens (tertiary/aromatic N) is 1. The van der Waals surface area contributed by atoms with E-state index in [-0.39, 0.29) is 35.3 Å². The summed E-state index contributed by atoms with van der Waals surface area (Å²) < 4.78 is 13.4. The van der Waals surface area contributed by atoms with E-state index in [1.165, 1.54) is 12.1 Å². The number of aryl methyl sites for hydroxylation is 1. The number of rotatable bonds is 2. The van der Waals surface area contributed by atoms with Crippen molar-refractivity contribution in [2.24, 2.45) is 5.41 Å². The molecule has 1 aliphatic carbocycles. The van der Waals surface area contributed by atoms with Gasteiger partial charge in [-0.25, -0.2) is 4.39 Å². The molecule has 0 spiro atoms. The molecule has 0 aromatic heterocycles. The lowest BCUT2D eigenvalue weighted by molar-refractivity contribution is -0.121. The fourth-order valence-corrected chi connectivity index (χ4v) is 4.66. The highest BCUT2D eigenvalue weighted by molar-refractivity contribution is 6.31. The second-order valence-corrected chi connectivity index (χ2v) is 9.21. The number of carbonyl (C=O) groups excluding carboxylic acids is 2. The summed E-state index contributed by atoms with van der Waals surface area (Å²) in [6.45, 7) is 6.02. The Morgan fingerprint density at radius 1 is 1.07 bits per heavy atom. The van der Waals surface area contributed by atoms with E-state index in [2.05, 4.69) is 0 Å². The van der Waals surface area contributed by atoms with Crippen molar-refractivity contribution in [1.82, 2.24) is 0 Å². The molecule has 5 heteroatoms. The number of hydrogen-bond acceptors (Lipinski definition) is 2. The van der Waals surface area contributed by atoms with Crippen LogP contribution in [0.3, 0.4) is 0 Å². The molecule has 0 fully saturated rings. The lowest BCUT2D eigenvalue weighted by Crippen LogP contribution is -2.44. The van der Waals surface area contributed by atoms with Crippen molar-refractivity contribution in [3.8, 4) is 0 Å². The lowest BCUT2D eigenvalue weighted by atomic mass is 9.69. The number of amides is 1. The normalized spacial score (nSPS) is 21.4. The Morgan fingerprint density at radius 2 is 1.76 bits per heavy atom. The van der Waals surface area contributed by atoms with E-state index in [0.717, 1.165) is 22.5 Å². The van der Waals surface area contributed by atoms with Gasteiger partial charge in [-0.1, -0.05) is 43.6 Å². The van der Waals surface area contributed by atoms with Crippen LogP contribution in [-0.2, 0) is 9.59 Å². The van der Waals surface area contributed by atoms with Crippen molar-refractivity contribution >= 4 is 29.0 Å². The first-order valence-corrected chi connectivity index (χ1v) is 10.1. The molecule has 2 aromatic carbocycles.